The highest BCUT2D eigenvalue weighted by Crippen LogP contribution is 2.16. The lowest BCUT2D eigenvalue weighted by Gasteiger charge is -2.01. The van der Waals surface area contributed by atoms with E-state index >= 15 is 0 Å². The van der Waals surface area contributed by atoms with Crippen molar-refractivity contribution in [2.45, 2.75) is 20.3 Å². The minimum atomic E-state index is -0.0231. The summed E-state index contributed by atoms with van der Waals surface area (Å²) in [6.07, 6.45) is 1.59. The van der Waals surface area contributed by atoms with Crippen molar-refractivity contribution in [1.82, 2.24) is 9.97 Å². The molecule has 0 N–H and O–H groups in total. The second-order valence-corrected chi connectivity index (χ2v) is 3.98. The summed E-state index contributed by atoms with van der Waals surface area (Å²) >= 11 is 0. The Labute approximate surface area is 105 Å². The summed E-state index contributed by atoms with van der Waals surface area (Å²) in [5, 5.41) is 0. The third kappa shape index (κ3) is 2.56. The normalized spacial score (nSPS) is 10.4. The van der Waals surface area contributed by atoms with Crippen molar-refractivity contribution in [3.63, 3.8) is 0 Å². The van der Waals surface area contributed by atoms with E-state index in [1.54, 1.807) is 19.1 Å². The summed E-state index contributed by atoms with van der Waals surface area (Å²) in [5.41, 5.74) is 1.23. The van der Waals surface area contributed by atoms with Gasteiger partial charge in [-0.3, -0.25) is 4.79 Å². The van der Waals surface area contributed by atoms with Crippen LogP contribution in [0.15, 0.2) is 22.9 Å². The van der Waals surface area contributed by atoms with E-state index in [4.69, 9.17) is 9.15 Å². The fourth-order valence-corrected chi connectivity index (χ4v) is 1.75. The highest BCUT2D eigenvalue weighted by Gasteiger charge is 2.15. The van der Waals surface area contributed by atoms with Crippen molar-refractivity contribution in [3.8, 4) is 5.88 Å². The number of carbonyl (C=O) groups excluding carboxylic acids is 1. The third-order valence-electron chi connectivity index (χ3n) is 2.59. The van der Waals surface area contributed by atoms with Crippen molar-refractivity contribution < 1.29 is 13.9 Å². The Morgan fingerprint density at radius 1 is 1.33 bits per heavy atom. The first-order valence-electron chi connectivity index (χ1n) is 5.55. The minimum absolute atomic E-state index is 0.0231. The lowest BCUT2D eigenvalue weighted by molar-refractivity contribution is 0.0990. The molecule has 2 rings (SSSR count). The molecule has 94 valence electrons. The van der Waals surface area contributed by atoms with Gasteiger partial charge in [-0.1, -0.05) is 0 Å². The van der Waals surface area contributed by atoms with Crippen molar-refractivity contribution in [3.05, 3.63) is 41.2 Å². The van der Waals surface area contributed by atoms with Crippen LogP contribution in [0, 0.1) is 13.8 Å². The number of aryl methyl sites for hydroxylation is 2. The summed E-state index contributed by atoms with van der Waals surface area (Å²) in [6.45, 7) is 3.60. The Bertz CT molecular complexity index is 575. The topological polar surface area (TPSA) is 65.2 Å². The highest BCUT2D eigenvalue weighted by atomic mass is 16.5. The van der Waals surface area contributed by atoms with Gasteiger partial charge in [0.1, 0.15) is 17.8 Å². The summed E-state index contributed by atoms with van der Waals surface area (Å²) in [6, 6.07) is 3.40. The van der Waals surface area contributed by atoms with Crippen LogP contribution in [-0.4, -0.2) is 22.9 Å². The van der Waals surface area contributed by atoms with Gasteiger partial charge in [0.15, 0.2) is 5.78 Å². The number of ketones is 1. The quantitative estimate of drug-likeness (QED) is 0.773. The Balaban J connectivity index is 2.18. The number of carbonyl (C=O) groups is 1. The first kappa shape index (κ1) is 12.3. The van der Waals surface area contributed by atoms with E-state index < -0.39 is 0 Å². The summed E-state index contributed by atoms with van der Waals surface area (Å²) < 4.78 is 10.3. The molecular formula is C13H14N2O3. The number of furan rings is 1. The minimum Gasteiger partial charge on any atom is -0.481 e. The first-order chi connectivity index (χ1) is 8.60. The number of rotatable bonds is 4. The van der Waals surface area contributed by atoms with Gasteiger partial charge < -0.3 is 9.15 Å². The van der Waals surface area contributed by atoms with Crippen LogP contribution in [0.5, 0.6) is 5.88 Å². The molecule has 5 heteroatoms. The van der Waals surface area contributed by atoms with Crippen LogP contribution in [-0.2, 0) is 6.42 Å². The maximum atomic E-state index is 12.1. The monoisotopic (exact) mass is 246 g/mol. The van der Waals surface area contributed by atoms with Gasteiger partial charge >= 0.3 is 0 Å². The maximum Gasteiger partial charge on any atom is 0.216 e. The van der Waals surface area contributed by atoms with Crippen LogP contribution in [0.2, 0.25) is 0 Å². The van der Waals surface area contributed by atoms with E-state index in [9.17, 15) is 4.79 Å². The molecule has 0 aliphatic carbocycles. The number of ether oxygens (including phenoxy) is 1. The van der Waals surface area contributed by atoms with Gasteiger partial charge in [0.05, 0.1) is 24.8 Å². The molecule has 0 saturated carbocycles. The zero-order valence-electron chi connectivity index (χ0n) is 10.6. The second kappa shape index (κ2) is 5.00. The van der Waals surface area contributed by atoms with Crippen LogP contribution in [0.25, 0.3) is 0 Å². The average molecular weight is 246 g/mol. The molecule has 2 heterocycles. The van der Waals surface area contributed by atoms with Crippen molar-refractivity contribution in [1.29, 1.82) is 0 Å². The Hall–Kier alpha value is -2.17. The molecule has 2 aromatic heterocycles. The number of hydrogen-bond acceptors (Lipinski definition) is 5. The van der Waals surface area contributed by atoms with Gasteiger partial charge in [-0.15, -0.1) is 0 Å². The molecule has 0 fully saturated rings. The lowest BCUT2D eigenvalue weighted by atomic mass is 10.1. The molecule has 0 saturated heterocycles. The molecule has 0 spiro atoms. The zero-order valence-corrected chi connectivity index (χ0v) is 10.6. The van der Waals surface area contributed by atoms with Crippen LogP contribution in [0.4, 0.5) is 0 Å². The van der Waals surface area contributed by atoms with Crippen LogP contribution in [0.1, 0.15) is 27.6 Å². The SMILES string of the molecule is COc1cc(CC(=O)c2cc(C)oc2C)ncn1. The number of nitrogens with zero attached hydrogens (tertiary/aromatic N) is 2. The first-order valence-corrected chi connectivity index (χ1v) is 5.55. The van der Waals surface area contributed by atoms with Gasteiger partial charge in [0.25, 0.3) is 0 Å². The lowest BCUT2D eigenvalue weighted by Crippen LogP contribution is -2.06. The van der Waals surface area contributed by atoms with Gasteiger partial charge in [-0.2, -0.15) is 0 Å². The molecule has 18 heavy (non-hydrogen) atoms. The number of aromatic nitrogens is 2. The van der Waals surface area contributed by atoms with E-state index in [1.807, 2.05) is 6.92 Å². The predicted octanol–water partition coefficient (Wildman–Crippen LogP) is 2.12. The highest BCUT2D eigenvalue weighted by molar-refractivity contribution is 5.98. The Morgan fingerprint density at radius 2 is 2.11 bits per heavy atom. The van der Waals surface area contributed by atoms with E-state index in [-0.39, 0.29) is 12.2 Å². The fourth-order valence-electron chi connectivity index (χ4n) is 1.75. The van der Waals surface area contributed by atoms with Crippen LogP contribution >= 0.6 is 0 Å². The smallest absolute Gasteiger partial charge is 0.216 e. The Kier molecular flexibility index (Phi) is 3.41. The molecule has 2 aromatic rings. The summed E-state index contributed by atoms with van der Waals surface area (Å²) in [4.78, 5) is 20.0. The van der Waals surface area contributed by atoms with Crippen molar-refractivity contribution in [2.24, 2.45) is 0 Å². The molecule has 0 radical (unpaired) electrons. The Morgan fingerprint density at radius 3 is 2.72 bits per heavy atom. The zero-order chi connectivity index (χ0) is 13.1. The van der Waals surface area contributed by atoms with Crippen LogP contribution in [0.3, 0.4) is 0 Å². The average Bonchev–Trinajstić information content (AvgIpc) is 2.69. The number of hydrogen-bond donors (Lipinski definition) is 0. The van der Waals surface area contributed by atoms with Gasteiger partial charge in [0, 0.05) is 6.07 Å². The number of methoxy groups -OCH3 is 1. The molecule has 0 unspecified atom stereocenters. The molecule has 0 aliphatic heterocycles. The molecule has 0 aromatic carbocycles. The standard InChI is InChI=1S/C13H14N2O3/c1-8-4-11(9(2)18-8)12(16)5-10-6-13(17-3)15-7-14-10/h4,6-7H,5H2,1-3H3. The fraction of sp³-hybridized carbons (Fsp3) is 0.308. The van der Waals surface area contributed by atoms with E-state index in [1.165, 1.54) is 13.4 Å². The molecule has 0 bridgehead atoms. The van der Waals surface area contributed by atoms with Crippen LogP contribution < -0.4 is 4.74 Å². The third-order valence-corrected chi connectivity index (χ3v) is 2.59. The van der Waals surface area contributed by atoms with E-state index in [2.05, 4.69) is 9.97 Å². The summed E-state index contributed by atoms with van der Waals surface area (Å²) in [7, 11) is 1.53. The van der Waals surface area contributed by atoms with E-state index in [0.717, 1.165) is 5.76 Å². The molecular weight excluding hydrogens is 232 g/mol. The second-order valence-electron chi connectivity index (χ2n) is 3.98. The molecule has 0 aliphatic rings. The number of Topliss-reactive ketones (excluding diaryl/α,β-unsaturated/α-hetero) is 1. The molecule has 0 atom stereocenters. The maximum absolute atomic E-state index is 12.1. The predicted molar refractivity (Wildman–Crippen MR) is 64.8 cm³/mol. The largest absolute Gasteiger partial charge is 0.481 e. The van der Waals surface area contributed by atoms with Crippen molar-refractivity contribution in [2.75, 3.05) is 7.11 Å². The van der Waals surface area contributed by atoms with Gasteiger partial charge in [-0.05, 0) is 19.9 Å². The van der Waals surface area contributed by atoms with Gasteiger partial charge in [0.2, 0.25) is 5.88 Å². The molecule has 5 nitrogen and oxygen atoms in total. The van der Waals surface area contributed by atoms with Gasteiger partial charge in [-0.25, -0.2) is 9.97 Å². The van der Waals surface area contributed by atoms with Crippen molar-refractivity contribution >= 4 is 5.78 Å². The van der Waals surface area contributed by atoms with E-state index in [0.29, 0.717) is 22.9 Å². The molecule has 0 amide bonds. The summed E-state index contributed by atoms with van der Waals surface area (Å²) in [5.74, 6) is 1.80.